The minimum Gasteiger partial charge on any atom is -0.487 e. The fourth-order valence-corrected chi connectivity index (χ4v) is 2.07. The highest BCUT2D eigenvalue weighted by molar-refractivity contribution is 5.95. The summed E-state index contributed by atoms with van der Waals surface area (Å²) in [4.78, 5) is 24.5. The van der Waals surface area contributed by atoms with E-state index in [1.807, 2.05) is 13.8 Å². The summed E-state index contributed by atoms with van der Waals surface area (Å²) in [5.41, 5.74) is 5.49. The summed E-state index contributed by atoms with van der Waals surface area (Å²) in [5, 5.41) is 11.1. The number of ether oxygens (including phenoxy) is 1. The van der Waals surface area contributed by atoms with Crippen LogP contribution in [0.25, 0.3) is 0 Å². The van der Waals surface area contributed by atoms with Gasteiger partial charge < -0.3 is 15.4 Å². The Morgan fingerprint density at radius 2 is 2.04 bits per heavy atom. The molecular weight excluding hydrogens is 322 g/mol. The SMILES string of the molecule is CCOc1ccc(C(=O)N(C)CC(C)(C)CN)cc1[N+](=O)[O-].Cl. The summed E-state index contributed by atoms with van der Waals surface area (Å²) >= 11 is 0. The predicted octanol–water partition coefficient (Wildman–Crippen LogP) is 2.47. The van der Waals surface area contributed by atoms with Gasteiger partial charge in [0.2, 0.25) is 0 Å². The summed E-state index contributed by atoms with van der Waals surface area (Å²) < 4.78 is 5.21. The first kappa shape index (κ1) is 21.1. The maximum atomic E-state index is 12.4. The number of nitrogens with zero attached hydrogens (tertiary/aromatic N) is 2. The normalized spacial score (nSPS) is 10.7. The molecule has 1 aromatic rings. The van der Waals surface area contributed by atoms with Gasteiger partial charge in [0.05, 0.1) is 11.5 Å². The molecule has 1 amide bonds. The first-order chi connectivity index (χ1) is 10.2. The average molecular weight is 346 g/mol. The van der Waals surface area contributed by atoms with Crippen molar-refractivity contribution in [2.45, 2.75) is 20.8 Å². The molecule has 0 saturated carbocycles. The van der Waals surface area contributed by atoms with Gasteiger partial charge in [0.25, 0.3) is 5.91 Å². The number of hydrogen-bond donors (Lipinski definition) is 1. The Hall–Kier alpha value is -1.86. The second kappa shape index (κ2) is 8.69. The molecule has 0 bridgehead atoms. The van der Waals surface area contributed by atoms with Gasteiger partial charge in [-0.15, -0.1) is 12.4 Å². The first-order valence-electron chi connectivity index (χ1n) is 7.08. The lowest BCUT2D eigenvalue weighted by Crippen LogP contribution is -2.39. The molecule has 0 saturated heterocycles. The number of benzene rings is 1. The van der Waals surface area contributed by atoms with Crippen LogP contribution in [0.15, 0.2) is 18.2 Å². The largest absolute Gasteiger partial charge is 0.487 e. The van der Waals surface area contributed by atoms with Crippen LogP contribution in [-0.2, 0) is 0 Å². The van der Waals surface area contributed by atoms with Crippen molar-refractivity contribution < 1.29 is 14.5 Å². The fourth-order valence-electron chi connectivity index (χ4n) is 2.07. The first-order valence-corrected chi connectivity index (χ1v) is 7.08. The second-order valence-electron chi connectivity index (χ2n) is 5.90. The van der Waals surface area contributed by atoms with Gasteiger partial charge in [-0.2, -0.15) is 0 Å². The van der Waals surface area contributed by atoms with E-state index < -0.39 is 4.92 Å². The number of halogens is 1. The zero-order valence-electron chi connectivity index (χ0n) is 13.9. The van der Waals surface area contributed by atoms with Gasteiger partial charge in [0.15, 0.2) is 5.75 Å². The van der Waals surface area contributed by atoms with Gasteiger partial charge in [-0.25, -0.2) is 0 Å². The number of nitrogens with two attached hydrogens (primary N) is 1. The van der Waals surface area contributed by atoms with Gasteiger partial charge >= 0.3 is 5.69 Å². The minimum atomic E-state index is -0.550. The van der Waals surface area contributed by atoms with E-state index in [9.17, 15) is 14.9 Å². The van der Waals surface area contributed by atoms with Gasteiger partial charge in [-0.05, 0) is 31.0 Å². The number of nitro groups is 1. The molecule has 0 radical (unpaired) electrons. The van der Waals surface area contributed by atoms with E-state index in [0.717, 1.165) is 0 Å². The Labute approximate surface area is 142 Å². The molecule has 8 heteroatoms. The van der Waals surface area contributed by atoms with E-state index in [0.29, 0.717) is 19.7 Å². The van der Waals surface area contributed by atoms with Crippen molar-refractivity contribution in [1.29, 1.82) is 0 Å². The van der Waals surface area contributed by atoms with Crippen LogP contribution in [0.3, 0.4) is 0 Å². The topological polar surface area (TPSA) is 98.7 Å². The molecule has 1 rings (SSSR count). The number of hydrogen-bond acceptors (Lipinski definition) is 5. The van der Waals surface area contributed by atoms with Gasteiger partial charge in [0, 0.05) is 25.2 Å². The summed E-state index contributed by atoms with van der Waals surface area (Å²) in [6, 6.07) is 4.24. The average Bonchev–Trinajstić information content (AvgIpc) is 2.46. The van der Waals surface area contributed by atoms with Crippen molar-refractivity contribution in [3.8, 4) is 5.75 Å². The Morgan fingerprint density at radius 1 is 1.43 bits per heavy atom. The smallest absolute Gasteiger partial charge is 0.311 e. The Balaban J connectivity index is 0.00000484. The Bertz CT molecular complexity index is 564. The fraction of sp³-hybridized carbons (Fsp3) is 0.533. The molecule has 0 fully saturated rings. The van der Waals surface area contributed by atoms with Crippen LogP contribution < -0.4 is 10.5 Å². The quantitative estimate of drug-likeness (QED) is 0.604. The van der Waals surface area contributed by atoms with Crippen LogP contribution >= 0.6 is 12.4 Å². The summed E-state index contributed by atoms with van der Waals surface area (Å²) in [7, 11) is 1.65. The lowest BCUT2D eigenvalue weighted by molar-refractivity contribution is -0.385. The second-order valence-corrected chi connectivity index (χ2v) is 5.90. The number of rotatable bonds is 7. The highest BCUT2D eigenvalue weighted by Gasteiger charge is 2.24. The molecule has 7 nitrogen and oxygen atoms in total. The van der Waals surface area contributed by atoms with Gasteiger partial charge in [-0.1, -0.05) is 13.8 Å². The van der Waals surface area contributed by atoms with E-state index >= 15 is 0 Å². The molecule has 130 valence electrons. The summed E-state index contributed by atoms with van der Waals surface area (Å²) in [5.74, 6) is -0.123. The summed E-state index contributed by atoms with van der Waals surface area (Å²) in [6.07, 6.45) is 0. The monoisotopic (exact) mass is 345 g/mol. The third-order valence-electron chi connectivity index (χ3n) is 3.27. The molecular formula is C15H24ClN3O4. The molecule has 0 heterocycles. The Morgan fingerprint density at radius 3 is 2.52 bits per heavy atom. The van der Waals surface area contributed by atoms with Crippen molar-refractivity contribution in [2.75, 3.05) is 26.7 Å². The maximum Gasteiger partial charge on any atom is 0.311 e. The molecule has 0 aromatic heterocycles. The van der Waals surface area contributed by atoms with E-state index in [-0.39, 0.29) is 40.7 Å². The predicted molar refractivity (Wildman–Crippen MR) is 91.3 cm³/mol. The van der Waals surface area contributed by atoms with E-state index in [1.54, 1.807) is 14.0 Å². The van der Waals surface area contributed by atoms with Gasteiger partial charge in [-0.3, -0.25) is 14.9 Å². The zero-order valence-corrected chi connectivity index (χ0v) is 14.7. The van der Waals surface area contributed by atoms with E-state index in [1.165, 1.54) is 23.1 Å². The van der Waals surface area contributed by atoms with Crippen LogP contribution in [0, 0.1) is 15.5 Å². The van der Waals surface area contributed by atoms with E-state index in [2.05, 4.69) is 0 Å². The zero-order chi connectivity index (χ0) is 16.9. The Kier molecular flexibility index (Phi) is 7.99. The number of nitro benzene ring substituents is 1. The highest BCUT2D eigenvalue weighted by Crippen LogP contribution is 2.28. The van der Waals surface area contributed by atoms with Gasteiger partial charge in [0.1, 0.15) is 0 Å². The van der Waals surface area contributed by atoms with Crippen LogP contribution in [-0.4, -0.2) is 42.5 Å². The highest BCUT2D eigenvalue weighted by atomic mass is 35.5. The molecule has 2 N–H and O–H groups in total. The van der Waals surface area contributed by atoms with Crippen LogP contribution in [0.5, 0.6) is 5.75 Å². The molecule has 1 aromatic carbocycles. The molecule has 23 heavy (non-hydrogen) atoms. The molecule has 0 spiro atoms. The van der Waals surface area contributed by atoms with Crippen LogP contribution in [0.1, 0.15) is 31.1 Å². The minimum absolute atomic E-state index is 0. The standard InChI is InChI=1S/C15H23N3O4.ClH/c1-5-22-13-7-6-11(8-12(13)18(20)21)14(19)17(4)10-15(2,3)9-16;/h6-8H,5,9-10,16H2,1-4H3;1H. The number of amides is 1. The van der Waals surface area contributed by atoms with Crippen molar-refractivity contribution in [2.24, 2.45) is 11.1 Å². The molecule has 0 unspecified atom stereocenters. The van der Waals surface area contributed by atoms with E-state index in [4.69, 9.17) is 10.5 Å². The molecule has 0 aliphatic heterocycles. The van der Waals surface area contributed by atoms with Crippen molar-refractivity contribution in [3.63, 3.8) is 0 Å². The third-order valence-corrected chi connectivity index (χ3v) is 3.27. The molecule has 0 aliphatic rings. The number of carbonyl (C=O) groups excluding carboxylic acids is 1. The van der Waals surface area contributed by atoms with Crippen molar-refractivity contribution in [3.05, 3.63) is 33.9 Å². The molecule has 0 aliphatic carbocycles. The maximum absolute atomic E-state index is 12.4. The summed E-state index contributed by atoms with van der Waals surface area (Å²) in [6.45, 7) is 6.87. The van der Waals surface area contributed by atoms with Crippen LogP contribution in [0.2, 0.25) is 0 Å². The lowest BCUT2D eigenvalue weighted by Gasteiger charge is -2.29. The number of carbonyl (C=O) groups is 1. The molecule has 0 atom stereocenters. The van der Waals surface area contributed by atoms with Crippen LogP contribution in [0.4, 0.5) is 5.69 Å². The lowest BCUT2D eigenvalue weighted by atomic mass is 9.93. The third kappa shape index (κ3) is 5.69. The van der Waals surface area contributed by atoms with Crippen molar-refractivity contribution >= 4 is 24.0 Å². The van der Waals surface area contributed by atoms with Crippen molar-refractivity contribution in [1.82, 2.24) is 4.90 Å².